The van der Waals surface area contributed by atoms with E-state index in [1.807, 2.05) is 60.7 Å². The molecular weight excluding hydrogens is 344 g/mol. The van der Waals surface area contributed by atoms with E-state index in [1.165, 1.54) is 6.07 Å². The Morgan fingerprint density at radius 2 is 1.59 bits per heavy atom. The number of aromatic hydroxyl groups is 1. The van der Waals surface area contributed by atoms with Crippen LogP contribution in [-0.2, 0) is 0 Å². The number of nitrogens with one attached hydrogen (secondary N) is 1. The first-order valence-electron chi connectivity index (χ1n) is 8.20. The molecular formula is C21H14N2O4. The molecule has 0 aliphatic heterocycles. The second kappa shape index (κ2) is 6.42. The Balaban J connectivity index is 2.18. The van der Waals surface area contributed by atoms with E-state index in [2.05, 4.69) is 0 Å². The van der Waals surface area contributed by atoms with Crippen LogP contribution in [0.5, 0.6) is 5.75 Å². The van der Waals surface area contributed by atoms with Crippen LogP contribution in [0.1, 0.15) is 5.56 Å². The summed E-state index contributed by atoms with van der Waals surface area (Å²) in [5, 5.41) is 29.9. The van der Waals surface area contributed by atoms with Crippen LogP contribution in [0.3, 0.4) is 0 Å². The summed E-state index contributed by atoms with van der Waals surface area (Å²) in [6, 6.07) is 20.0. The number of hydrogen-bond donors (Lipinski definition) is 2. The smallest absolute Gasteiger partial charge is 0.315 e. The Morgan fingerprint density at radius 3 is 2.15 bits per heavy atom. The first kappa shape index (κ1) is 16.5. The molecule has 0 aliphatic carbocycles. The molecule has 0 fully saturated rings. The largest absolute Gasteiger partial charge is 0.502 e. The number of furan rings is 1. The molecule has 0 amide bonds. The first-order chi connectivity index (χ1) is 13.1. The van der Waals surface area contributed by atoms with Gasteiger partial charge in [-0.1, -0.05) is 60.7 Å². The normalized spacial score (nSPS) is 10.8. The quantitative estimate of drug-likeness (QED) is 0.290. The van der Waals surface area contributed by atoms with Gasteiger partial charge in [-0.2, -0.15) is 0 Å². The zero-order chi connectivity index (χ0) is 19.0. The van der Waals surface area contributed by atoms with Crippen molar-refractivity contribution in [1.82, 2.24) is 0 Å². The van der Waals surface area contributed by atoms with E-state index in [0.717, 1.165) is 17.3 Å². The van der Waals surface area contributed by atoms with Crippen molar-refractivity contribution in [3.63, 3.8) is 0 Å². The SMILES string of the molecule is N=Cc1c(O)c([N+](=O)[O-])cc2oc(-c3ccccc3)c(-c3ccccc3)c12. The van der Waals surface area contributed by atoms with Crippen molar-refractivity contribution in [3.8, 4) is 28.2 Å². The van der Waals surface area contributed by atoms with Crippen LogP contribution in [0.4, 0.5) is 5.69 Å². The molecule has 0 saturated heterocycles. The average Bonchev–Trinajstić information content (AvgIpc) is 3.08. The summed E-state index contributed by atoms with van der Waals surface area (Å²) >= 11 is 0. The van der Waals surface area contributed by atoms with Crippen molar-refractivity contribution < 1.29 is 14.4 Å². The maximum Gasteiger partial charge on any atom is 0.315 e. The zero-order valence-electron chi connectivity index (χ0n) is 14.0. The minimum atomic E-state index is -0.686. The van der Waals surface area contributed by atoms with Crippen LogP contribution in [0.25, 0.3) is 33.4 Å². The van der Waals surface area contributed by atoms with Crippen molar-refractivity contribution >= 4 is 22.9 Å². The number of phenolic OH excluding ortho intramolecular Hbond substituents is 1. The Hall–Kier alpha value is -3.93. The number of nitro benzene ring substituents is 1. The Labute approximate surface area is 154 Å². The summed E-state index contributed by atoms with van der Waals surface area (Å²) in [5.41, 5.74) is 2.12. The van der Waals surface area contributed by atoms with Gasteiger partial charge in [0.15, 0.2) is 0 Å². The van der Waals surface area contributed by atoms with Gasteiger partial charge in [-0.25, -0.2) is 0 Å². The van der Waals surface area contributed by atoms with Gasteiger partial charge in [-0.15, -0.1) is 0 Å². The fourth-order valence-corrected chi connectivity index (χ4v) is 3.22. The third-order valence-corrected chi connectivity index (χ3v) is 4.41. The Bertz CT molecular complexity index is 1170. The van der Waals surface area contributed by atoms with Crippen LogP contribution < -0.4 is 0 Å². The molecule has 4 aromatic rings. The highest BCUT2D eigenvalue weighted by Gasteiger charge is 2.27. The molecule has 0 unspecified atom stereocenters. The number of fused-ring (bicyclic) bond motifs is 1. The zero-order valence-corrected chi connectivity index (χ0v) is 14.0. The second-order valence-corrected chi connectivity index (χ2v) is 5.97. The number of rotatable bonds is 4. The van der Waals surface area contributed by atoms with Crippen LogP contribution in [-0.4, -0.2) is 16.2 Å². The molecule has 1 aromatic heterocycles. The van der Waals surface area contributed by atoms with Crippen LogP contribution >= 0.6 is 0 Å². The summed E-state index contributed by atoms with van der Waals surface area (Å²) in [5.74, 6) is -0.0140. The maximum absolute atomic E-state index is 11.3. The molecule has 2 N–H and O–H groups in total. The van der Waals surface area contributed by atoms with Gasteiger partial charge in [0.05, 0.1) is 16.6 Å². The highest BCUT2D eigenvalue weighted by molar-refractivity contribution is 6.12. The van der Waals surface area contributed by atoms with Gasteiger partial charge in [0.1, 0.15) is 11.3 Å². The van der Waals surface area contributed by atoms with Gasteiger partial charge < -0.3 is 14.9 Å². The number of nitrogens with zero attached hydrogens (tertiary/aromatic N) is 1. The van der Waals surface area contributed by atoms with Crippen LogP contribution in [0.15, 0.2) is 71.1 Å². The van der Waals surface area contributed by atoms with E-state index in [1.54, 1.807) is 0 Å². The highest BCUT2D eigenvalue weighted by Crippen LogP contribution is 2.46. The maximum atomic E-state index is 11.3. The fourth-order valence-electron chi connectivity index (χ4n) is 3.22. The molecule has 0 saturated carbocycles. The number of benzene rings is 3. The van der Waals surface area contributed by atoms with Gasteiger partial charge in [0.2, 0.25) is 5.75 Å². The minimum Gasteiger partial charge on any atom is -0.502 e. The van der Waals surface area contributed by atoms with Crippen molar-refractivity contribution in [2.45, 2.75) is 0 Å². The van der Waals surface area contributed by atoms with E-state index in [4.69, 9.17) is 9.83 Å². The molecule has 132 valence electrons. The monoisotopic (exact) mass is 358 g/mol. The second-order valence-electron chi connectivity index (χ2n) is 5.97. The van der Waals surface area contributed by atoms with E-state index in [9.17, 15) is 15.2 Å². The van der Waals surface area contributed by atoms with Gasteiger partial charge >= 0.3 is 5.69 Å². The third-order valence-electron chi connectivity index (χ3n) is 4.41. The molecule has 6 heteroatoms. The number of hydrogen-bond acceptors (Lipinski definition) is 5. The molecule has 3 aromatic carbocycles. The molecule has 27 heavy (non-hydrogen) atoms. The van der Waals surface area contributed by atoms with Crippen molar-refractivity contribution in [1.29, 1.82) is 5.41 Å². The lowest BCUT2D eigenvalue weighted by Gasteiger charge is -2.06. The molecule has 1 heterocycles. The molecule has 6 nitrogen and oxygen atoms in total. The van der Waals surface area contributed by atoms with E-state index in [-0.39, 0.29) is 11.1 Å². The summed E-state index contributed by atoms with van der Waals surface area (Å²) in [4.78, 5) is 10.6. The van der Waals surface area contributed by atoms with Crippen molar-refractivity contribution in [2.75, 3.05) is 0 Å². The standard InChI is InChI=1S/C21H14N2O4/c22-12-15-19-17(11-16(20(15)24)23(25)26)27-21(14-9-5-2-6-10-14)18(19)13-7-3-1-4-8-13/h1-12,22,24H. The minimum absolute atomic E-state index is 0.0592. The third kappa shape index (κ3) is 2.64. The highest BCUT2D eigenvalue weighted by atomic mass is 16.6. The van der Waals surface area contributed by atoms with Gasteiger partial charge in [-0.05, 0) is 5.56 Å². The van der Waals surface area contributed by atoms with Gasteiger partial charge in [0.25, 0.3) is 0 Å². The molecule has 0 atom stereocenters. The topological polar surface area (TPSA) is 100 Å². The molecule has 0 bridgehead atoms. The summed E-state index contributed by atoms with van der Waals surface area (Å²) in [6.07, 6.45) is 0.918. The lowest BCUT2D eigenvalue weighted by atomic mass is 9.95. The first-order valence-corrected chi connectivity index (χ1v) is 8.20. The molecule has 0 radical (unpaired) electrons. The average molecular weight is 358 g/mol. The lowest BCUT2D eigenvalue weighted by Crippen LogP contribution is -1.93. The predicted octanol–water partition coefficient (Wildman–Crippen LogP) is 5.38. The summed E-state index contributed by atoms with van der Waals surface area (Å²) in [6.45, 7) is 0. The summed E-state index contributed by atoms with van der Waals surface area (Å²) in [7, 11) is 0. The predicted molar refractivity (Wildman–Crippen MR) is 103 cm³/mol. The number of nitro groups is 1. The molecule has 4 rings (SSSR count). The van der Waals surface area contributed by atoms with E-state index in [0.29, 0.717) is 16.7 Å². The summed E-state index contributed by atoms with van der Waals surface area (Å²) < 4.78 is 6.01. The molecule has 0 aliphatic rings. The van der Waals surface area contributed by atoms with Gasteiger partial charge in [0, 0.05) is 22.7 Å². The van der Waals surface area contributed by atoms with Crippen molar-refractivity contribution in [2.24, 2.45) is 0 Å². The number of phenols is 1. The van der Waals surface area contributed by atoms with Gasteiger partial charge in [-0.3, -0.25) is 10.1 Å². The van der Waals surface area contributed by atoms with E-state index >= 15 is 0 Å². The van der Waals surface area contributed by atoms with Crippen molar-refractivity contribution in [3.05, 3.63) is 82.4 Å². The van der Waals surface area contributed by atoms with Crippen LogP contribution in [0, 0.1) is 15.5 Å². The lowest BCUT2D eigenvalue weighted by molar-refractivity contribution is -0.385. The Kier molecular flexibility index (Phi) is 3.93. The molecule has 0 spiro atoms. The van der Waals surface area contributed by atoms with Crippen LogP contribution in [0.2, 0.25) is 0 Å². The van der Waals surface area contributed by atoms with E-state index < -0.39 is 16.4 Å². The fraction of sp³-hybridized carbons (Fsp3) is 0. The Morgan fingerprint density at radius 1 is 1.00 bits per heavy atom.